The van der Waals surface area contributed by atoms with Crippen LogP contribution in [0.15, 0.2) is 12.3 Å². The predicted molar refractivity (Wildman–Crippen MR) is 97.4 cm³/mol. The Balaban J connectivity index is 1.56. The summed E-state index contributed by atoms with van der Waals surface area (Å²) in [5.41, 5.74) is 1.23. The van der Waals surface area contributed by atoms with E-state index in [1.807, 2.05) is 17.8 Å². The molecule has 25 heavy (non-hydrogen) atoms. The minimum atomic E-state index is 0.127. The number of amides is 1. The lowest BCUT2D eigenvalue weighted by atomic mass is 9.87. The molecular weight excluding hydrogens is 316 g/mol. The highest BCUT2D eigenvalue weighted by atomic mass is 16.5. The number of rotatable bonds is 6. The number of hydrogen-bond acceptors (Lipinski definition) is 4. The van der Waals surface area contributed by atoms with Crippen LogP contribution in [-0.2, 0) is 23.0 Å². The molecule has 140 valence electrons. The third kappa shape index (κ3) is 4.82. The maximum Gasteiger partial charge on any atom is 0.220 e. The van der Waals surface area contributed by atoms with Crippen molar-refractivity contribution >= 4 is 5.91 Å². The largest absolute Gasteiger partial charge is 0.379 e. The van der Waals surface area contributed by atoms with Crippen LogP contribution in [0.25, 0.3) is 0 Å². The van der Waals surface area contributed by atoms with E-state index in [2.05, 4.69) is 15.3 Å². The predicted octanol–water partition coefficient (Wildman–Crippen LogP) is 1.89. The molecule has 0 radical (unpaired) electrons. The molecule has 1 N–H and O–H groups in total. The summed E-state index contributed by atoms with van der Waals surface area (Å²) >= 11 is 0. The Morgan fingerprint density at radius 1 is 1.24 bits per heavy atom. The summed E-state index contributed by atoms with van der Waals surface area (Å²) in [6.07, 6.45) is 10.6. The van der Waals surface area contributed by atoms with Gasteiger partial charge in [-0.1, -0.05) is 25.7 Å². The molecule has 0 bridgehead atoms. The molecule has 6 heteroatoms. The molecule has 3 rings (SSSR count). The van der Waals surface area contributed by atoms with Crippen LogP contribution in [0.2, 0.25) is 0 Å². The van der Waals surface area contributed by atoms with Crippen LogP contribution in [-0.4, -0.2) is 59.0 Å². The summed E-state index contributed by atoms with van der Waals surface area (Å²) in [6.45, 7) is 4.39. The highest BCUT2D eigenvalue weighted by Crippen LogP contribution is 2.32. The Hall–Kier alpha value is -1.40. The number of carbonyl (C=O) groups excluding carboxylic acids is 1. The van der Waals surface area contributed by atoms with Crippen LogP contribution in [0, 0.1) is 0 Å². The zero-order valence-corrected chi connectivity index (χ0v) is 15.5. The zero-order chi connectivity index (χ0) is 17.5. The lowest BCUT2D eigenvalue weighted by Crippen LogP contribution is -2.58. The number of aryl methyl sites for hydroxylation is 2. The van der Waals surface area contributed by atoms with E-state index in [0.29, 0.717) is 6.42 Å². The zero-order valence-electron chi connectivity index (χ0n) is 15.5. The Morgan fingerprint density at radius 2 is 1.96 bits per heavy atom. The van der Waals surface area contributed by atoms with E-state index in [0.717, 1.165) is 45.0 Å². The van der Waals surface area contributed by atoms with E-state index in [4.69, 9.17) is 4.74 Å². The maximum absolute atomic E-state index is 12.4. The van der Waals surface area contributed by atoms with E-state index < -0.39 is 0 Å². The number of ether oxygens (including phenoxy) is 1. The van der Waals surface area contributed by atoms with Crippen LogP contribution in [0.5, 0.6) is 0 Å². The van der Waals surface area contributed by atoms with Crippen LogP contribution in [0.3, 0.4) is 0 Å². The van der Waals surface area contributed by atoms with Crippen molar-refractivity contribution in [3.63, 3.8) is 0 Å². The molecule has 0 spiro atoms. The van der Waals surface area contributed by atoms with Crippen molar-refractivity contribution in [2.24, 2.45) is 7.05 Å². The number of hydrogen-bond donors (Lipinski definition) is 1. The number of morpholine rings is 1. The summed E-state index contributed by atoms with van der Waals surface area (Å²) in [5.74, 6) is 0.151. The summed E-state index contributed by atoms with van der Waals surface area (Å²) in [5, 5.41) is 7.41. The smallest absolute Gasteiger partial charge is 0.220 e. The van der Waals surface area contributed by atoms with E-state index in [-0.39, 0.29) is 11.4 Å². The molecule has 1 aliphatic heterocycles. The standard InChI is InChI=1S/C19H32N4O2/c1-22-17(8-11-21-22)6-7-18(24)20-16-19(9-4-2-3-5-10-19)23-12-14-25-15-13-23/h8,11H,2-7,9-10,12-16H2,1H3,(H,20,24). The molecule has 0 aromatic carbocycles. The second-order valence-corrected chi connectivity index (χ2v) is 7.46. The van der Waals surface area contributed by atoms with Gasteiger partial charge in [0.2, 0.25) is 5.91 Å². The summed E-state index contributed by atoms with van der Waals surface area (Å²) in [6, 6.07) is 1.98. The van der Waals surface area contributed by atoms with Crippen molar-refractivity contribution < 1.29 is 9.53 Å². The van der Waals surface area contributed by atoms with Gasteiger partial charge in [0, 0.05) is 50.5 Å². The van der Waals surface area contributed by atoms with Gasteiger partial charge in [0.25, 0.3) is 0 Å². The number of aromatic nitrogens is 2. The van der Waals surface area contributed by atoms with Gasteiger partial charge in [0.05, 0.1) is 13.2 Å². The molecule has 2 heterocycles. The topological polar surface area (TPSA) is 59.4 Å². The third-order valence-electron chi connectivity index (χ3n) is 5.86. The maximum atomic E-state index is 12.4. The van der Waals surface area contributed by atoms with Gasteiger partial charge in [0.1, 0.15) is 0 Å². The summed E-state index contributed by atoms with van der Waals surface area (Å²) in [7, 11) is 1.92. The van der Waals surface area contributed by atoms with Crippen LogP contribution in [0.4, 0.5) is 0 Å². The quantitative estimate of drug-likeness (QED) is 0.798. The Labute approximate surface area is 150 Å². The van der Waals surface area contributed by atoms with E-state index in [9.17, 15) is 4.79 Å². The van der Waals surface area contributed by atoms with Gasteiger partial charge in [-0.2, -0.15) is 5.10 Å². The van der Waals surface area contributed by atoms with Gasteiger partial charge in [-0.15, -0.1) is 0 Å². The van der Waals surface area contributed by atoms with Gasteiger partial charge in [0.15, 0.2) is 0 Å². The number of carbonyl (C=O) groups is 1. The minimum Gasteiger partial charge on any atom is -0.379 e. The SMILES string of the molecule is Cn1nccc1CCC(=O)NCC1(N2CCOCC2)CCCCCC1. The van der Waals surface area contributed by atoms with Crippen molar-refractivity contribution in [2.75, 3.05) is 32.8 Å². The second kappa shape index (κ2) is 8.81. The van der Waals surface area contributed by atoms with Gasteiger partial charge in [-0.3, -0.25) is 14.4 Å². The van der Waals surface area contributed by atoms with Gasteiger partial charge in [-0.25, -0.2) is 0 Å². The molecule has 1 aromatic heterocycles. The fourth-order valence-corrected chi connectivity index (χ4v) is 4.27. The molecule has 1 aliphatic carbocycles. The molecule has 2 fully saturated rings. The first-order chi connectivity index (χ1) is 12.2. The van der Waals surface area contributed by atoms with Crippen LogP contribution >= 0.6 is 0 Å². The molecular formula is C19H32N4O2. The Bertz CT molecular complexity index is 543. The van der Waals surface area contributed by atoms with Gasteiger partial charge in [-0.05, 0) is 25.3 Å². The monoisotopic (exact) mass is 348 g/mol. The third-order valence-corrected chi connectivity index (χ3v) is 5.86. The lowest BCUT2D eigenvalue weighted by molar-refractivity contribution is -0.122. The molecule has 1 saturated carbocycles. The van der Waals surface area contributed by atoms with Gasteiger partial charge < -0.3 is 10.1 Å². The lowest BCUT2D eigenvalue weighted by Gasteiger charge is -2.45. The van der Waals surface area contributed by atoms with Crippen LogP contribution in [0.1, 0.15) is 50.6 Å². The van der Waals surface area contributed by atoms with E-state index in [1.54, 1.807) is 6.20 Å². The molecule has 6 nitrogen and oxygen atoms in total. The highest BCUT2D eigenvalue weighted by Gasteiger charge is 2.37. The first-order valence-corrected chi connectivity index (χ1v) is 9.76. The molecule has 0 unspecified atom stereocenters. The first kappa shape index (κ1) is 18.4. The van der Waals surface area contributed by atoms with Crippen molar-refractivity contribution in [1.82, 2.24) is 20.0 Å². The normalized spacial score (nSPS) is 21.6. The summed E-state index contributed by atoms with van der Waals surface area (Å²) < 4.78 is 7.39. The average Bonchev–Trinajstić information content (AvgIpc) is 2.91. The molecule has 1 amide bonds. The second-order valence-electron chi connectivity index (χ2n) is 7.46. The number of nitrogens with zero attached hydrogens (tertiary/aromatic N) is 3. The minimum absolute atomic E-state index is 0.127. The molecule has 1 saturated heterocycles. The van der Waals surface area contributed by atoms with Crippen molar-refractivity contribution in [2.45, 2.75) is 56.9 Å². The average molecular weight is 348 g/mol. The van der Waals surface area contributed by atoms with Crippen molar-refractivity contribution in [1.29, 1.82) is 0 Å². The van der Waals surface area contributed by atoms with E-state index in [1.165, 1.54) is 38.5 Å². The van der Waals surface area contributed by atoms with Crippen molar-refractivity contribution in [3.8, 4) is 0 Å². The molecule has 2 aliphatic rings. The molecule has 0 atom stereocenters. The fourth-order valence-electron chi connectivity index (χ4n) is 4.27. The fraction of sp³-hybridized carbons (Fsp3) is 0.789. The molecule has 1 aromatic rings. The van der Waals surface area contributed by atoms with Crippen LogP contribution < -0.4 is 5.32 Å². The van der Waals surface area contributed by atoms with Gasteiger partial charge >= 0.3 is 0 Å². The summed E-state index contributed by atoms with van der Waals surface area (Å²) in [4.78, 5) is 15.0. The highest BCUT2D eigenvalue weighted by molar-refractivity contribution is 5.76. The Morgan fingerprint density at radius 3 is 2.60 bits per heavy atom. The first-order valence-electron chi connectivity index (χ1n) is 9.76. The Kier molecular flexibility index (Phi) is 6.48. The van der Waals surface area contributed by atoms with E-state index >= 15 is 0 Å². The number of nitrogens with one attached hydrogen (secondary N) is 1. The van der Waals surface area contributed by atoms with Crippen molar-refractivity contribution in [3.05, 3.63) is 18.0 Å².